The molecule has 1 amide bonds. The number of fused-ring (bicyclic) bond motifs is 1. The molecule has 0 saturated carbocycles. The zero-order valence-corrected chi connectivity index (χ0v) is 13.8. The summed E-state index contributed by atoms with van der Waals surface area (Å²) in [7, 11) is 0. The molecular formula is C17H20N2O3S. The monoisotopic (exact) mass is 332 g/mol. The predicted octanol–water partition coefficient (Wildman–Crippen LogP) is 2.79. The Morgan fingerprint density at radius 3 is 2.78 bits per heavy atom. The molecule has 1 aromatic heterocycles. The van der Waals surface area contributed by atoms with Crippen molar-refractivity contribution in [3.63, 3.8) is 0 Å². The molecular weight excluding hydrogens is 312 g/mol. The molecule has 0 radical (unpaired) electrons. The first-order chi connectivity index (χ1) is 11.2. The molecule has 122 valence electrons. The third kappa shape index (κ3) is 3.48. The molecule has 23 heavy (non-hydrogen) atoms. The van der Waals surface area contributed by atoms with Crippen LogP contribution < -0.4 is 20.1 Å². The number of carbonyl (C=O) groups excluding carboxylic acids is 1. The zero-order valence-electron chi connectivity index (χ0n) is 13.0. The van der Waals surface area contributed by atoms with Crippen LogP contribution in [0.3, 0.4) is 0 Å². The number of ether oxygens (including phenoxy) is 2. The zero-order chi connectivity index (χ0) is 16.2. The third-order valence-corrected chi connectivity index (χ3v) is 4.62. The van der Waals surface area contributed by atoms with Gasteiger partial charge in [0.1, 0.15) is 13.2 Å². The van der Waals surface area contributed by atoms with E-state index >= 15 is 0 Å². The average molecular weight is 332 g/mol. The number of nitrogens with zero attached hydrogens (tertiary/aromatic N) is 1. The summed E-state index contributed by atoms with van der Waals surface area (Å²) >= 11 is 1.62. The molecule has 3 rings (SSSR count). The molecule has 1 atom stereocenters. The first-order valence-electron chi connectivity index (χ1n) is 7.68. The Labute approximate surface area is 139 Å². The van der Waals surface area contributed by atoms with E-state index in [1.807, 2.05) is 42.6 Å². The molecule has 1 aromatic carbocycles. The van der Waals surface area contributed by atoms with Crippen molar-refractivity contribution < 1.29 is 14.3 Å². The molecule has 2 heterocycles. The second-order valence-electron chi connectivity index (χ2n) is 5.35. The lowest BCUT2D eigenvalue weighted by atomic mass is 10.1. The first kappa shape index (κ1) is 15.8. The number of carbonyl (C=O) groups is 1. The van der Waals surface area contributed by atoms with E-state index in [4.69, 9.17) is 15.2 Å². The van der Waals surface area contributed by atoms with E-state index in [1.165, 1.54) is 0 Å². The summed E-state index contributed by atoms with van der Waals surface area (Å²) in [6.07, 6.45) is 0.602. The Morgan fingerprint density at radius 1 is 1.30 bits per heavy atom. The van der Waals surface area contributed by atoms with Crippen molar-refractivity contribution in [3.8, 4) is 11.5 Å². The van der Waals surface area contributed by atoms with Crippen LogP contribution in [0.4, 0.5) is 5.69 Å². The van der Waals surface area contributed by atoms with Gasteiger partial charge in [-0.05, 0) is 30.0 Å². The molecule has 6 heteroatoms. The lowest BCUT2D eigenvalue weighted by molar-refractivity contribution is -0.120. The maximum Gasteiger partial charge on any atom is 0.244 e. The topological polar surface area (TPSA) is 64.8 Å². The van der Waals surface area contributed by atoms with Gasteiger partial charge in [-0.15, -0.1) is 11.3 Å². The second kappa shape index (κ2) is 7.02. The van der Waals surface area contributed by atoms with Crippen molar-refractivity contribution in [3.05, 3.63) is 40.6 Å². The summed E-state index contributed by atoms with van der Waals surface area (Å²) in [4.78, 5) is 15.5. The van der Waals surface area contributed by atoms with Crippen molar-refractivity contribution in [1.82, 2.24) is 0 Å². The highest BCUT2D eigenvalue weighted by Gasteiger charge is 2.23. The van der Waals surface area contributed by atoms with Crippen LogP contribution in [0.25, 0.3) is 0 Å². The van der Waals surface area contributed by atoms with Crippen molar-refractivity contribution in [2.24, 2.45) is 5.73 Å². The summed E-state index contributed by atoms with van der Waals surface area (Å²) in [5.41, 5.74) is 6.75. The lowest BCUT2D eigenvalue weighted by Crippen LogP contribution is -2.43. The van der Waals surface area contributed by atoms with Gasteiger partial charge in [0.15, 0.2) is 11.5 Å². The van der Waals surface area contributed by atoms with Gasteiger partial charge in [0.25, 0.3) is 0 Å². The van der Waals surface area contributed by atoms with E-state index in [-0.39, 0.29) is 5.91 Å². The van der Waals surface area contributed by atoms with Gasteiger partial charge in [-0.1, -0.05) is 13.0 Å². The number of thiophene rings is 1. The molecule has 0 saturated heterocycles. The van der Waals surface area contributed by atoms with Crippen molar-refractivity contribution in [1.29, 1.82) is 0 Å². The van der Waals surface area contributed by atoms with Gasteiger partial charge in [-0.3, -0.25) is 4.79 Å². The SMILES string of the molecule is CC[C@@H](N)C(=O)N(Cc1cccs1)c1ccc2c(c1)OCCO2. The fraction of sp³-hybridized carbons (Fsp3) is 0.353. The molecule has 2 N–H and O–H groups in total. The van der Waals surface area contributed by atoms with Gasteiger partial charge in [-0.2, -0.15) is 0 Å². The summed E-state index contributed by atoms with van der Waals surface area (Å²) in [6.45, 7) is 3.48. The normalized spacial score (nSPS) is 14.3. The van der Waals surface area contributed by atoms with Crippen molar-refractivity contribution in [2.75, 3.05) is 18.1 Å². The minimum Gasteiger partial charge on any atom is -0.486 e. The number of benzene rings is 1. The van der Waals surface area contributed by atoms with Crippen LogP contribution in [-0.2, 0) is 11.3 Å². The third-order valence-electron chi connectivity index (χ3n) is 3.75. The predicted molar refractivity (Wildman–Crippen MR) is 91.2 cm³/mol. The molecule has 0 spiro atoms. The average Bonchev–Trinajstić information content (AvgIpc) is 3.11. The molecule has 1 aliphatic heterocycles. The van der Waals surface area contributed by atoms with E-state index < -0.39 is 6.04 Å². The van der Waals surface area contributed by atoms with Crippen LogP contribution in [0.15, 0.2) is 35.7 Å². The molecule has 0 bridgehead atoms. The number of hydrogen-bond acceptors (Lipinski definition) is 5. The van der Waals surface area contributed by atoms with Gasteiger partial charge < -0.3 is 20.1 Å². The highest BCUT2D eigenvalue weighted by molar-refractivity contribution is 7.09. The molecule has 1 aliphatic rings. The molecule has 2 aromatic rings. The van der Waals surface area contributed by atoms with E-state index in [2.05, 4.69) is 0 Å². The van der Waals surface area contributed by atoms with Crippen LogP contribution in [0.1, 0.15) is 18.2 Å². The molecule has 0 fully saturated rings. The largest absolute Gasteiger partial charge is 0.486 e. The Kier molecular flexibility index (Phi) is 4.83. The Bertz CT molecular complexity index is 672. The lowest BCUT2D eigenvalue weighted by Gasteiger charge is -2.27. The van der Waals surface area contributed by atoms with Crippen molar-refractivity contribution in [2.45, 2.75) is 25.9 Å². The Hall–Kier alpha value is -2.05. The van der Waals surface area contributed by atoms with Gasteiger partial charge in [0, 0.05) is 16.6 Å². The van der Waals surface area contributed by atoms with E-state index in [0.717, 1.165) is 10.6 Å². The maximum atomic E-state index is 12.7. The van der Waals surface area contributed by atoms with Crippen molar-refractivity contribution >= 4 is 22.9 Å². The van der Waals surface area contributed by atoms with Crippen LogP contribution >= 0.6 is 11.3 Å². The Balaban J connectivity index is 1.92. The molecule has 5 nitrogen and oxygen atoms in total. The van der Waals surface area contributed by atoms with E-state index in [9.17, 15) is 4.79 Å². The van der Waals surface area contributed by atoms with Crippen LogP contribution in [0, 0.1) is 0 Å². The fourth-order valence-corrected chi connectivity index (χ4v) is 3.12. The van der Waals surface area contributed by atoms with Crippen LogP contribution in [-0.4, -0.2) is 25.2 Å². The number of hydrogen-bond donors (Lipinski definition) is 1. The smallest absolute Gasteiger partial charge is 0.244 e. The number of rotatable bonds is 5. The standard InChI is InChI=1S/C17H20N2O3S/c1-2-14(18)17(20)19(11-13-4-3-9-23-13)12-5-6-15-16(10-12)22-8-7-21-15/h3-6,9-10,14H,2,7-8,11,18H2,1H3/t14-/m1/s1. The van der Waals surface area contributed by atoms with Gasteiger partial charge >= 0.3 is 0 Å². The first-order valence-corrected chi connectivity index (χ1v) is 8.56. The van der Waals surface area contributed by atoms with E-state index in [1.54, 1.807) is 16.2 Å². The second-order valence-corrected chi connectivity index (χ2v) is 6.38. The summed E-state index contributed by atoms with van der Waals surface area (Å²) in [6, 6.07) is 9.05. The van der Waals surface area contributed by atoms with Crippen LogP contribution in [0.2, 0.25) is 0 Å². The highest BCUT2D eigenvalue weighted by atomic mass is 32.1. The number of nitrogens with two attached hydrogens (primary N) is 1. The van der Waals surface area contributed by atoms with Crippen LogP contribution in [0.5, 0.6) is 11.5 Å². The summed E-state index contributed by atoms with van der Waals surface area (Å²) in [5.74, 6) is 1.30. The van der Waals surface area contributed by atoms with E-state index in [0.29, 0.717) is 37.7 Å². The Morgan fingerprint density at radius 2 is 2.09 bits per heavy atom. The minimum atomic E-state index is -0.511. The summed E-state index contributed by atoms with van der Waals surface area (Å²) < 4.78 is 11.2. The minimum absolute atomic E-state index is 0.0856. The maximum absolute atomic E-state index is 12.7. The number of amides is 1. The number of anilines is 1. The molecule has 0 aliphatic carbocycles. The fourth-order valence-electron chi connectivity index (χ4n) is 2.43. The quantitative estimate of drug-likeness (QED) is 0.914. The summed E-state index contributed by atoms with van der Waals surface area (Å²) in [5, 5.41) is 2.00. The molecule has 0 unspecified atom stereocenters. The van der Waals surface area contributed by atoms with Gasteiger partial charge in [-0.25, -0.2) is 0 Å². The highest BCUT2D eigenvalue weighted by Crippen LogP contribution is 2.34. The van der Waals surface area contributed by atoms with Gasteiger partial charge in [0.05, 0.1) is 12.6 Å². The van der Waals surface area contributed by atoms with Gasteiger partial charge in [0.2, 0.25) is 5.91 Å².